The SMILES string of the molecule is C=CC1CN(C)CC(C)O1. The highest BCUT2D eigenvalue weighted by Gasteiger charge is 2.19. The summed E-state index contributed by atoms with van der Waals surface area (Å²) in [5.41, 5.74) is 0. The number of rotatable bonds is 1. The molecule has 1 heterocycles. The fourth-order valence-corrected chi connectivity index (χ4v) is 1.34. The van der Waals surface area contributed by atoms with Gasteiger partial charge in [0.05, 0.1) is 12.2 Å². The summed E-state index contributed by atoms with van der Waals surface area (Å²) in [5, 5.41) is 0. The molecular weight excluding hydrogens is 126 g/mol. The molecule has 0 N–H and O–H groups in total. The molecule has 1 saturated heterocycles. The lowest BCUT2D eigenvalue weighted by atomic mass is 10.2. The average Bonchev–Trinajstić information content (AvgIpc) is 1.85. The zero-order valence-electron chi connectivity index (χ0n) is 6.71. The Bertz CT molecular complexity index is 114. The number of likely N-dealkylation sites (N-methyl/N-ethyl adjacent to an activating group) is 1. The van der Waals surface area contributed by atoms with Gasteiger partial charge >= 0.3 is 0 Å². The molecule has 0 amide bonds. The maximum Gasteiger partial charge on any atom is 0.0884 e. The van der Waals surface area contributed by atoms with Crippen LogP contribution in [0.1, 0.15) is 6.92 Å². The summed E-state index contributed by atoms with van der Waals surface area (Å²) in [6.07, 6.45) is 2.45. The van der Waals surface area contributed by atoms with Crippen molar-refractivity contribution in [3.05, 3.63) is 12.7 Å². The van der Waals surface area contributed by atoms with E-state index in [1.165, 1.54) is 0 Å². The molecule has 10 heavy (non-hydrogen) atoms. The van der Waals surface area contributed by atoms with E-state index in [2.05, 4.69) is 25.5 Å². The van der Waals surface area contributed by atoms with Crippen LogP contribution in [0, 0.1) is 0 Å². The summed E-state index contributed by atoms with van der Waals surface area (Å²) in [6, 6.07) is 0. The topological polar surface area (TPSA) is 12.5 Å². The molecule has 0 spiro atoms. The van der Waals surface area contributed by atoms with E-state index in [-0.39, 0.29) is 6.10 Å². The Kier molecular flexibility index (Phi) is 2.46. The van der Waals surface area contributed by atoms with E-state index in [0.717, 1.165) is 13.1 Å². The van der Waals surface area contributed by atoms with Crippen LogP contribution in [0.25, 0.3) is 0 Å². The average molecular weight is 141 g/mol. The second-order valence-electron chi connectivity index (χ2n) is 2.94. The second kappa shape index (κ2) is 3.17. The first-order valence-corrected chi connectivity index (χ1v) is 3.69. The maximum atomic E-state index is 5.55. The van der Waals surface area contributed by atoms with Crippen LogP contribution >= 0.6 is 0 Å². The van der Waals surface area contributed by atoms with E-state index >= 15 is 0 Å². The zero-order valence-corrected chi connectivity index (χ0v) is 6.71. The molecule has 0 aromatic carbocycles. The first-order valence-electron chi connectivity index (χ1n) is 3.69. The molecule has 0 aliphatic carbocycles. The van der Waals surface area contributed by atoms with Gasteiger partial charge in [-0.15, -0.1) is 6.58 Å². The Morgan fingerprint density at radius 2 is 2.30 bits per heavy atom. The van der Waals surface area contributed by atoms with E-state index in [0.29, 0.717) is 6.10 Å². The van der Waals surface area contributed by atoms with E-state index in [9.17, 15) is 0 Å². The fourth-order valence-electron chi connectivity index (χ4n) is 1.34. The molecule has 2 unspecified atom stereocenters. The van der Waals surface area contributed by atoms with Crippen molar-refractivity contribution in [3.63, 3.8) is 0 Å². The maximum absolute atomic E-state index is 5.55. The molecule has 1 rings (SSSR count). The molecule has 1 fully saturated rings. The Labute approximate surface area is 62.5 Å². The van der Waals surface area contributed by atoms with Crippen LogP contribution in [0.4, 0.5) is 0 Å². The number of nitrogens with zero attached hydrogens (tertiary/aromatic N) is 1. The predicted molar refractivity (Wildman–Crippen MR) is 42.0 cm³/mol. The van der Waals surface area contributed by atoms with E-state index in [1.807, 2.05) is 6.08 Å². The van der Waals surface area contributed by atoms with Gasteiger partial charge in [0.15, 0.2) is 0 Å². The zero-order chi connectivity index (χ0) is 7.56. The molecule has 1 aliphatic rings. The van der Waals surface area contributed by atoms with Crippen molar-refractivity contribution in [2.24, 2.45) is 0 Å². The molecule has 0 aromatic heterocycles. The molecular formula is C8H15NO. The summed E-state index contributed by atoms with van der Waals surface area (Å²) in [6.45, 7) is 7.80. The van der Waals surface area contributed by atoms with Crippen LogP contribution in [0.15, 0.2) is 12.7 Å². The van der Waals surface area contributed by atoms with Gasteiger partial charge in [-0.3, -0.25) is 0 Å². The van der Waals surface area contributed by atoms with Crippen molar-refractivity contribution in [2.45, 2.75) is 19.1 Å². The summed E-state index contributed by atoms with van der Waals surface area (Å²) in [4.78, 5) is 2.26. The van der Waals surface area contributed by atoms with Crippen molar-refractivity contribution in [3.8, 4) is 0 Å². The Hall–Kier alpha value is -0.340. The smallest absolute Gasteiger partial charge is 0.0884 e. The van der Waals surface area contributed by atoms with Crippen molar-refractivity contribution < 1.29 is 4.74 Å². The normalized spacial score (nSPS) is 35.8. The lowest BCUT2D eigenvalue weighted by Crippen LogP contribution is -2.43. The van der Waals surface area contributed by atoms with Gasteiger partial charge in [0.2, 0.25) is 0 Å². The quantitative estimate of drug-likeness (QED) is 0.503. The predicted octanol–water partition coefficient (Wildman–Crippen LogP) is 0.891. The van der Waals surface area contributed by atoms with Gasteiger partial charge in [0.1, 0.15) is 0 Å². The molecule has 2 heteroatoms. The van der Waals surface area contributed by atoms with E-state index in [4.69, 9.17) is 4.74 Å². The lowest BCUT2D eigenvalue weighted by Gasteiger charge is -2.32. The highest BCUT2D eigenvalue weighted by atomic mass is 16.5. The summed E-state index contributed by atoms with van der Waals surface area (Å²) >= 11 is 0. The second-order valence-corrected chi connectivity index (χ2v) is 2.94. The highest BCUT2D eigenvalue weighted by molar-refractivity contribution is 4.86. The minimum Gasteiger partial charge on any atom is -0.369 e. The van der Waals surface area contributed by atoms with Gasteiger partial charge in [-0.2, -0.15) is 0 Å². The van der Waals surface area contributed by atoms with Gasteiger partial charge in [-0.25, -0.2) is 0 Å². The van der Waals surface area contributed by atoms with Crippen molar-refractivity contribution in [1.82, 2.24) is 4.90 Å². The van der Waals surface area contributed by atoms with Gasteiger partial charge < -0.3 is 9.64 Å². The Balaban J connectivity index is 2.42. The van der Waals surface area contributed by atoms with Crippen molar-refractivity contribution >= 4 is 0 Å². The number of hydrogen-bond donors (Lipinski definition) is 0. The fraction of sp³-hybridized carbons (Fsp3) is 0.750. The summed E-state index contributed by atoms with van der Waals surface area (Å²) in [7, 11) is 2.11. The number of ether oxygens (including phenoxy) is 1. The Morgan fingerprint density at radius 1 is 1.60 bits per heavy atom. The van der Waals surface area contributed by atoms with Crippen LogP contribution in [-0.2, 0) is 4.74 Å². The van der Waals surface area contributed by atoms with Crippen molar-refractivity contribution in [2.75, 3.05) is 20.1 Å². The highest BCUT2D eigenvalue weighted by Crippen LogP contribution is 2.08. The first kappa shape index (κ1) is 7.76. The lowest BCUT2D eigenvalue weighted by molar-refractivity contribution is -0.0466. The molecule has 2 nitrogen and oxygen atoms in total. The third-order valence-electron chi connectivity index (χ3n) is 1.73. The monoisotopic (exact) mass is 141 g/mol. The van der Waals surface area contributed by atoms with Crippen molar-refractivity contribution in [1.29, 1.82) is 0 Å². The van der Waals surface area contributed by atoms with E-state index < -0.39 is 0 Å². The molecule has 0 aromatic rings. The van der Waals surface area contributed by atoms with Gasteiger partial charge in [0, 0.05) is 13.1 Å². The summed E-state index contributed by atoms with van der Waals surface area (Å²) in [5.74, 6) is 0. The Morgan fingerprint density at radius 3 is 2.80 bits per heavy atom. The van der Waals surface area contributed by atoms with Crippen LogP contribution in [0.3, 0.4) is 0 Å². The minimum atomic E-state index is 0.230. The standard InChI is InChI=1S/C8H15NO/c1-4-8-6-9(3)5-7(2)10-8/h4,7-8H,1,5-6H2,2-3H3. The minimum absolute atomic E-state index is 0.230. The largest absolute Gasteiger partial charge is 0.369 e. The third kappa shape index (κ3) is 1.82. The molecule has 0 saturated carbocycles. The number of hydrogen-bond acceptors (Lipinski definition) is 2. The van der Waals surface area contributed by atoms with Crippen LogP contribution in [-0.4, -0.2) is 37.2 Å². The van der Waals surface area contributed by atoms with Crippen LogP contribution in [0.2, 0.25) is 0 Å². The summed E-state index contributed by atoms with van der Waals surface area (Å²) < 4.78 is 5.55. The van der Waals surface area contributed by atoms with Gasteiger partial charge in [-0.1, -0.05) is 6.08 Å². The molecule has 0 bridgehead atoms. The van der Waals surface area contributed by atoms with E-state index in [1.54, 1.807) is 0 Å². The van der Waals surface area contributed by atoms with Crippen LogP contribution in [0.5, 0.6) is 0 Å². The third-order valence-corrected chi connectivity index (χ3v) is 1.73. The van der Waals surface area contributed by atoms with Gasteiger partial charge in [-0.05, 0) is 14.0 Å². The molecule has 1 aliphatic heterocycles. The first-order chi connectivity index (χ1) is 4.72. The molecule has 2 atom stereocenters. The number of morpholine rings is 1. The van der Waals surface area contributed by atoms with Crippen LogP contribution < -0.4 is 0 Å². The molecule has 0 radical (unpaired) electrons. The molecule has 58 valence electrons. The van der Waals surface area contributed by atoms with Gasteiger partial charge in [0.25, 0.3) is 0 Å².